The quantitative estimate of drug-likeness (QED) is 0.859. The van der Waals surface area contributed by atoms with Crippen LogP contribution in [-0.4, -0.2) is 19.8 Å². The highest BCUT2D eigenvalue weighted by Crippen LogP contribution is 2.38. The van der Waals surface area contributed by atoms with Crippen LogP contribution in [0, 0.1) is 5.92 Å². The van der Waals surface area contributed by atoms with E-state index in [1.807, 2.05) is 0 Å². The SMILES string of the molecule is CCCNC(CC1CCC1)c1ccc2c(c1)OCCO2. The minimum Gasteiger partial charge on any atom is -0.486 e. The standard InChI is InChI=1S/C17H25NO2/c1-2-8-18-15(11-13-4-3-5-13)14-6-7-16-17(12-14)20-10-9-19-16/h6-7,12-13,15,18H,2-5,8-11H2,1H3. The molecule has 1 unspecified atom stereocenters. The summed E-state index contributed by atoms with van der Waals surface area (Å²) in [6.07, 6.45) is 6.63. The molecular formula is C17H25NO2. The predicted octanol–water partition coefficient (Wildman–Crippen LogP) is 3.69. The van der Waals surface area contributed by atoms with Crippen molar-refractivity contribution in [2.24, 2.45) is 5.92 Å². The van der Waals surface area contributed by atoms with E-state index in [4.69, 9.17) is 9.47 Å². The Kier molecular flexibility index (Phi) is 4.46. The predicted molar refractivity (Wildman–Crippen MR) is 80.4 cm³/mol. The van der Waals surface area contributed by atoms with Gasteiger partial charge in [-0.3, -0.25) is 0 Å². The first kappa shape index (κ1) is 13.7. The van der Waals surface area contributed by atoms with Gasteiger partial charge in [-0.05, 0) is 43.0 Å². The van der Waals surface area contributed by atoms with E-state index in [2.05, 4.69) is 30.4 Å². The van der Waals surface area contributed by atoms with Gasteiger partial charge in [0.15, 0.2) is 11.5 Å². The highest BCUT2D eigenvalue weighted by atomic mass is 16.6. The summed E-state index contributed by atoms with van der Waals surface area (Å²) in [6, 6.07) is 6.88. The molecule has 0 saturated heterocycles. The highest BCUT2D eigenvalue weighted by molar-refractivity contribution is 5.44. The highest BCUT2D eigenvalue weighted by Gasteiger charge is 2.24. The average Bonchev–Trinajstić information content (AvgIpc) is 2.45. The fraction of sp³-hybridized carbons (Fsp3) is 0.647. The lowest BCUT2D eigenvalue weighted by Crippen LogP contribution is -2.27. The third-order valence-corrected chi connectivity index (χ3v) is 4.40. The van der Waals surface area contributed by atoms with Crippen LogP contribution in [0.25, 0.3) is 0 Å². The second kappa shape index (κ2) is 6.49. The zero-order chi connectivity index (χ0) is 13.8. The Morgan fingerprint density at radius 2 is 2.00 bits per heavy atom. The van der Waals surface area contributed by atoms with Gasteiger partial charge in [0.05, 0.1) is 0 Å². The lowest BCUT2D eigenvalue weighted by Gasteiger charge is -2.31. The van der Waals surface area contributed by atoms with Crippen molar-refractivity contribution in [2.45, 2.75) is 45.1 Å². The summed E-state index contributed by atoms with van der Waals surface area (Å²) in [5.41, 5.74) is 1.34. The zero-order valence-corrected chi connectivity index (χ0v) is 12.4. The Hall–Kier alpha value is -1.22. The van der Waals surface area contributed by atoms with Gasteiger partial charge in [0, 0.05) is 6.04 Å². The number of nitrogens with one attached hydrogen (secondary N) is 1. The molecule has 3 rings (SSSR count). The molecule has 0 radical (unpaired) electrons. The second-order valence-corrected chi connectivity index (χ2v) is 5.94. The molecule has 0 amide bonds. The summed E-state index contributed by atoms with van der Waals surface area (Å²) in [7, 11) is 0. The summed E-state index contributed by atoms with van der Waals surface area (Å²) in [4.78, 5) is 0. The number of hydrogen-bond acceptors (Lipinski definition) is 3. The third-order valence-electron chi connectivity index (χ3n) is 4.40. The first-order valence-corrected chi connectivity index (χ1v) is 7.99. The zero-order valence-electron chi connectivity index (χ0n) is 12.4. The molecule has 1 heterocycles. The van der Waals surface area contributed by atoms with Gasteiger partial charge >= 0.3 is 0 Å². The fourth-order valence-electron chi connectivity index (χ4n) is 2.99. The van der Waals surface area contributed by atoms with Crippen molar-refractivity contribution >= 4 is 0 Å². The van der Waals surface area contributed by atoms with E-state index in [0.29, 0.717) is 19.3 Å². The number of ether oxygens (including phenoxy) is 2. The summed E-state index contributed by atoms with van der Waals surface area (Å²) >= 11 is 0. The molecule has 0 aromatic heterocycles. The second-order valence-electron chi connectivity index (χ2n) is 5.94. The number of fused-ring (bicyclic) bond motifs is 1. The van der Waals surface area contributed by atoms with Crippen molar-refractivity contribution in [3.63, 3.8) is 0 Å². The molecule has 0 bridgehead atoms. The van der Waals surface area contributed by atoms with Gasteiger partial charge in [-0.15, -0.1) is 0 Å². The molecule has 1 saturated carbocycles. The Balaban J connectivity index is 1.74. The topological polar surface area (TPSA) is 30.5 Å². The van der Waals surface area contributed by atoms with Crippen molar-refractivity contribution in [3.05, 3.63) is 23.8 Å². The van der Waals surface area contributed by atoms with Crippen molar-refractivity contribution in [1.82, 2.24) is 5.32 Å². The van der Waals surface area contributed by atoms with Crippen LogP contribution in [0.2, 0.25) is 0 Å². The molecule has 3 heteroatoms. The van der Waals surface area contributed by atoms with Crippen molar-refractivity contribution in [3.8, 4) is 11.5 Å². The summed E-state index contributed by atoms with van der Waals surface area (Å²) < 4.78 is 11.3. The van der Waals surface area contributed by atoms with E-state index in [1.54, 1.807) is 0 Å². The van der Waals surface area contributed by atoms with E-state index < -0.39 is 0 Å². The van der Waals surface area contributed by atoms with E-state index in [9.17, 15) is 0 Å². The number of rotatable bonds is 6. The Morgan fingerprint density at radius 1 is 1.20 bits per heavy atom. The van der Waals surface area contributed by atoms with Crippen LogP contribution < -0.4 is 14.8 Å². The van der Waals surface area contributed by atoms with Crippen LogP contribution in [0.5, 0.6) is 11.5 Å². The summed E-state index contributed by atoms with van der Waals surface area (Å²) in [5.74, 6) is 2.70. The molecular weight excluding hydrogens is 250 g/mol. The maximum absolute atomic E-state index is 5.71. The van der Waals surface area contributed by atoms with Gasteiger partial charge in [-0.2, -0.15) is 0 Å². The monoisotopic (exact) mass is 275 g/mol. The van der Waals surface area contributed by atoms with Crippen molar-refractivity contribution in [1.29, 1.82) is 0 Å². The normalized spacial score (nSPS) is 19.4. The van der Waals surface area contributed by atoms with E-state index >= 15 is 0 Å². The van der Waals surface area contributed by atoms with Gasteiger partial charge in [-0.25, -0.2) is 0 Å². The summed E-state index contributed by atoms with van der Waals surface area (Å²) in [6.45, 7) is 4.61. The molecule has 2 aliphatic rings. The fourth-order valence-corrected chi connectivity index (χ4v) is 2.99. The molecule has 1 aromatic rings. The third kappa shape index (κ3) is 3.09. The first-order valence-electron chi connectivity index (χ1n) is 7.99. The maximum atomic E-state index is 5.71. The molecule has 1 N–H and O–H groups in total. The molecule has 1 fully saturated rings. The molecule has 110 valence electrons. The lowest BCUT2D eigenvalue weighted by atomic mass is 9.79. The largest absolute Gasteiger partial charge is 0.486 e. The smallest absolute Gasteiger partial charge is 0.161 e. The number of hydrogen-bond donors (Lipinski definition) is 1. The molecule has 20 heavy (non-hydrogen) atoms. The first-order chi connectivity index (χ1) is 9.86. The molecule has 1 aliphatic heterocycles. The van der Waals surface area contributed by atoms with E-state index in [-0.39, 0.29) is 0 Å². The van der Waals surface area contributed by atoms with Crippen LogP contribution in [0.1, 0.15) is 50.6 Å². The van der Waals surface area contributed by atoms with Crippen molar-refractivity contribution in [2.75, 3.05) is 19.8 Å². The van der Waals surface area contributed by atoms with Crippen LogP contribution in [0.15, 0.2) is 18.2 Å². The van der Waals surface area contributed by atoms with Crippen LogP contribution in [0.3, 0.4) is 0 Å². The van der Waals surface area contributed by atoms with Gasteiger partial charge in [-0.1, -0.05) is 32.3 Å². The van der Waals surface area contributed by atoms with E-state index in [0.717, 1.165) is 24.0 Å². The van der Waals surface area contributed by atoms with Gasteiger partial charge in [0.2, 0.25) is 0 Å². The lowest BCUT2D eigenvalue weighted by molar-refractivity contribution is 0.171. The Labute approximate surface area is 121 Å². The minimum atomic E-state index is 0.455. The van der Waals surface area contributed by atoms with Gasteiger partial charge in [0.1, 0.15) is 13.2 Å². The average molecular weight is 275 g/mol. The molecule has 1 atom stereocenters. The van der Waals surface area contributed by atoms with Crippen LogP contribution in [-0.2, 0) is 0 Å². The molecule has 1 aliphatic carbocycles. The van der Waals surface area contributed by atoms with Gasteiger partial charge < -0.3 is 14.8 Å². The Bertz CT molecular complexity index is 443. The molecule has 0 spiro atoms. The Morgan fingerprint density at radius 3 is 2.70 bits per heavy atom. The van der Waals surface area contributed by atoms with Crippen molar-refractivity contribution < 1.29 is 9.47 Å². The maximum Gasteiger partial charge on any atom is 0.161 e. The number of benzene rings is 1. The molecule has 3 nitrogen and oxygen atoms in total. The summed E-state index contributed by atoms with van der Waals surface area (Å²) in [5, 5.41) is 3.70. The van der Waals surface area contributed by atoms with Gasteiger partial charge in [0.25, 0.3) is 0 Å². The van der Waals surface area contributed by atoms with Crippen LogP contribution in [0.4, 0.5) is 0 Å². The molecule has 1 aromatic carbocycles. The minimum absolute atomic E-state index is 0.455. The van der Waals surface area contributed by atoms with Crippen LogP contribution >= 0.6 is 0 Å². The van der Waals surface area contributed by atoms with E-state index in [1.165, 1.54) is 37.7 Å².